The van der Waals surface area contributed by atoms with Crippen LogP contribution in [0, 0.1) is 5.82 Å². The smallest absolute Gasteiger partial charge is 0.335 e. The molecule has 3 aromatic rings. The lowest BCUT2D eigenvalue weighted by Crippen LogP contribution is -2.31. The van der Waals surface area contributed by atoms with E-state index in [2.05, 4.69) is 9.98 Å². The Hall–Kier alpha value is -3.68. The number of rotatable bonds is 4. The first-order chi connectivity index (χ1) is 12.9. The first-order valence-corrected chi connectivity index (χ1v) is 8.02. The SMILES string of the molecule is CN(C)c1ccc(N=Cc2c(O)n(-c3ccc(F)cc3)c(=O)[nH]c2=O)cc1. The van der Waals surface area contributed by atoms with Crippen LogP contribution in [0.25, 0.3) is 5.69 Å². The second-order valence-corrected chi connectivity index (χ2v) is 5.98. The van der Waals surface area contributed by atoms with Crippen LogP contribution in [-0.4, -0.2) is 35.0 Å². The van der Waals surface area contributed by atoms with Crippen molar-refractivity contribution in [2.75, 3.05) is 19.0 Å². The molecule has 1 aromatic heterocycles. The third-order valence-electron chi connectivity index (χ3n) is 3.91. The summed E-state index contributed by atoms with van der Waals surface area (Å²) in [7, 11) is 3.82. The van der Waals surface area contributed by atoms with Gasteiger partial charge in [0.1, 0.15) is 11.4 Å². The summed E-state index contributed by atoms with van der Waals surface area (Å²) in [6.45, 7) is 0. The van der Waals surface area contributed by atoms with Crippen LogP contribution < -0.4 is 16.1 Å². The van der Waals surface area contributed by atoms with E-state index in [1.54, 1.807) is 12.1 Å². The van der Waals surface area contributed by atoms with Crippen molar-refractivity contribution in [3.8, 4) is 11.6 Å². The maximum absolute atomic E-state index is 13.1. The number of aromatic nitrogens is 2. The van der Waals surface area contributed by atoms with Crippen molar-refractivity contribution >= 4 is 17.6 Å². The fraction of sp³-hybridized carbons (Fsp3) is 0.105. The van der Waals surface area contributed by atoms with Crippen LogP contribution in [0.3, 0.4) is 0 Å². The minimum atomic E-state index is -0.836. The highest BCUT2D eigenvalue weighted by atomic mass is 19.1. The second-order valence-electron chi connectivity index (χ2n) is 5.98. The van der Waals surface area contributed by atoms with Crippen molar-refractivity contribution in [2.45, 2.75) is 0 Å². The van der Waals surface area contributed by atoms with Crippen molar-refractivity contribution in [1.82, 2.24) is 9.55 Å². The van der Waals surface area contributed by atoms with Crippen molar-refractivity contribution in [1.29, 1.82) is 0 Å². The molecule has 2 N–H and O–H groups in total. The minimum Gasteiger partial charge on any atom is -0.493 e. The maximum atomic E-state index is 13.1. The monoisotopic (exact) mass is 368 g/mol. The zero-order chi connectivity index (χ0) is 19.6. The number of aromatic hydroxyl groups is 1. The molecule has 0 aliphatic rings. The number of aromatic amines is 1. The van der Waals surface area contributed by atoms with Crippen LogP contribution in [0.15, 0.2) is 63.1 Å². The zero-order valence-corrected chi connectivity index (χ0v) is 14.7. The Morgan fingerprint density at radius 1 is 1.07 bits per heavy atom. The Kier molecular flexibility index (Phi) is 4.89. The molecule has 0 aliphatic carbocycles. The molecule has 0 aliphatic heterocycles. The average molecular weight is 368 g/mol. The third-order valence-corrected chi connectivity index (χ3v) is 3.91. The third kappa shape index (κ3) is 3.79. The van der Waals surface area contributed by atoms with Crippen LogP contribution in [0.5, 0.6) is 5.88 Å². The van der Waals surface area contributed by atoms with E-state index in [4.69, 9.17) is 0 Å². The highest BCUT2D eigenvalue weighted by Gasteiger charge is 2.14. The topological polar surface area (TPSA) is 90.7 Å². The van der Waals surface area contributed by atoms with Gasteiger partial charge in [-0.3, -0.25) is 14.8 Å². The van der Waals surface area contributed by atoms with Gasteiger partial charge in [-0.15, -0.1) is 0 Å². The van der Waals surface area contributed by atoms with Gasteiger partial charge in [-0.2, -0.15) is 0 Å². The lowest BCUT2D eigenvalue weighted by atomic mass is 10.2. The summed E-state index contributed by atoms with van der Waals surface area (Å²) in [5.41, 5.74) is -0.0321. The minimum absolute atomic E-state index is 0.185. The molecule has 2 aromatic carbocycles. The van der Waals surface area contributed by atoms with Gasteiger partial charge in [0.05, 0.1) is 11.4 Å². The lowest BCUT2D eigenvalue weighted by Gasteiger charge is -2.11. The molecule has 138 valence electrons. The molecule has 0 spiro atoms. The summed E-state index contributed by atoms with van der Waals surface area (Å²) < 4.78 is 14.0. The van der Waals surface area contributed by atoms with Crippen LogP contribution in [0.1, 0.15) is 5.56 Å². The molecule has 0 radical (unpaired) electrons. The van der Waals surface area contributed by atoms with Gasteiger partial charge in [0.2, 0.25) is 5.88 Å². The largest absolute Gasteiger partial charge is 0.493 e. The summed E-state index contributed by atoms with van der Waals surface area (Å²) in [5, 5.41) is 10.4. The highest BCUT2D eigenvalue weighted by molar-refractivity contribution is 5.84. The Morgan fingerprint density at radius 3 is 2.30 bits per heavy atom. The Labute approximate surface area is 153 Å². The molecule has 1 heterocycles. The van der Waals surface area contributed by atoms with Crippen LogP contribution in [0.4, 0.5) is 15.8 Å². The summed E-state index contributed by atoms with van der Waals surface area (Å²) >= 11 is 0. The van der Waals surface area contributed by atoms with Crippen molar-refractivity contribution < 1.29 is 9.50 Å². The molecule has 3 rings (SSSR count). The molecule has 0 saturated heterocycles. The van der Waals surface area contributed by atoms with Crippen molar-refractivity contribution in [3.05, 3.63) is 80.7 Å². The molecule has 0 saturated carbocycles. The van der Waals surface area contributed by atoms with E-state index >= 15 is 0 Å². The standard InChI is InChI=1S/C19H17FN4O3/c1-23(2)14-9-5-13(6-10-14)21-11-16-17(25)22-19(27)24(18(16)26)15-7-3-12(20)4-8-15/h3-11,26H,1-2H3,(H,22,25,27). The van der Waals surface area contributed by atoms with E-state index in [1.165, 1.54) is 18.3 Å². The number of hydrogen-bond donors (Lipinski definition) is 2. The normalized spacial score (nSPS) is 11.1. The molecule has 8 heteroatoms. The fourth-order valence-corrected chi connectivity index (χ4v) is 2.46. The summed E-state index contributed by atoms with van der Waals surface area (Å²) in [5.74, 6) is -1.07. The first kappa shape index (κ1) is 18.1. The molecular formula is C19H17FN4O3. The number of aliphatic imine (C=N–C) groups is 1. The highest BCUT2D eigenvalue weighted by Crippen LogP contribution is 2.19. The zero-order valence-electron chi connectivity index (χ0n) is 14.7. The van der Waals surface area contributed by atoms with E-state index in [1.807, 2.05) is 31.1 Å². The van der Waals surface area contributed by atoms with Crippen molar-refractivity contribution in [2.24, 2.45) is 4.99 Å². The van der Waals surface area contributed by atoms with Gasteiger partial charge in [0.15, 0.2) is 0 Å². The van der Waals surface area contributed by atoms with Gasteiger partial charge in [0, 0.05) is 26.0 Å². The Bertz CT molecular complexity index is 1100. The van der Waals surface area contributed by atoms with Gasteiger partial charge in [-0.25, -0.2) is 13.8 Å². The van der Waals surface area contributed by atoms with E-state index in [-0.39, 0.29) is 11.3 Å². The number of anilines is 1. The fourth-order valence-electron chi connectivity index (χ4n) is 2.46. The summed E-state index contributed by atoms with van der Waals surface area (Å²) in [6, 6.07) is 12.1. The van der Waals surface area contributed by atoms with E-state index in [0.717, 1.165) is 22.4 Å². The van der Waals surface area contributed by atoms with Crippen LogP contribution in [-0.2, 0) is 0 Å². The molecule has 0 fully saturated rings. The van der Waals surface area contributed by atoms with Crippen LogP contribution >= 0.6 is 0 Å². The average Bonchev–Trinajstić information content (AvgIpc) is 2.63. The van der Waals surface area contributed by atoms with Crippen molar-refractivity contribution in [3.63, 3.8) is 0 Å². The number of benzene rings is 2. The van der Waals surface area contributed by atoms with Gasteiger partial charge in [0.25, 0.3) is 5.56 Å². The van der Waals surface area contributed by atoms with Gasteiger partial charge in [-0.1, -0.05) is 0 Å². The van der Waals surface area contributed by atoms with Gasteiger partial charge >= 0.3 is 5.69 Å². The number of nitrogens with zero attached hydrogens (tertiary/aromatic N) is 3. The summed E-state index contributed by atoms with van der Waals surface area (Å²) in [4.78, 5) is 32.4. The number of nitrogens with one attached hydrogen (secondary N) is 1. The van der Waals surface area contributed by atoms with E-state index in [9.17, 15) is 19.1 Å². The quantitative estimate of drug-likeness (QED) is 0.691. The van der Waals surface area contributed by atoms with E-state index in [0.29, 0.717) is 5.69 Å². The lowest BCUT2D eigenvalue weighted by molar-refractivity contribution is 0.430. The van der Waals surface area contributed by atoms with Crippen LogP contribution in [0.2, 0.25) is 0 Å². The molecular weight excluding hydrogens is 351 g/mol. The predicted octanol–water partition coefficient (Wildman–Crippen LogP) is 2.19. The second kappa shape index (κ2) is 7.28. The number of H-pyrrole nitrogens is 1. The molecule has 0 unspecified atom stereocenters. The number of hydrogen-bond acceptors (Lipinski definition) is 5. The maximum Gasteiger partial charge on any atom is 0.335 e. The Morgan fingerprint density at radius 2 is 1.70 bits per heavy atom. The van der Waals surface area contributed by atoms with E-state index < -0.39 is 22.9 Å². The molecule has 27 heavy (non-hydrogen) atoms. The molecule has 0 bridgehead atoms. The Balaban J connectivity index is 2.03. The first-order valence-electron chi connectivity index (χ1n) is 8.02. The molecule has 0 amide bonds. The molecule has 0 atom stereocenters. The predicted molar refractivity (Wildman–Crippen MR) is 102 cm³/mol. The van der Waals surface area contributed by atoms with Gasteiger partial charge < -0.3 is 10.0 Å². The number of halogens is 1. The summed E-state index contributed by atoms with van der Waals surface area (Å²) in [6.07, 6.45) is 1.18. The molecule has 7 nitrogen and oxygen atoms in total. The van der Waals surface area contributed by atoms with Gasteiger partial charge in [-0.05, 0) is 48.5 Å².